The molecule has 79 heavy (non-hydrogen) atoms. The van der Waals surface area contributed by atoms with Crippen LogP contribution in [0.3, 0.4) is 0 Å². The Bertz CT molecular complexity index is 3370. The number of piperidine rings is 1. The van der Waals surface area contributed by atoms with Crippen molar-refractivity contribution in [3.63, 3.8) is 0 Å². The van der Waals surface area contributed by atoms with E-state index in [4.69, 9.17) is 14.2 Å². The predicted molar refractivity (Wildman–Crippen MR) is 296 cm³/mol. The maximum absolute atomic E-state index is 14.9. The fourth-order valence-electron chi connectivity index (χ4n) is 12.5. The lowest BCUT2D eigenvalue weighted by Gasteiger charge is -2.58. The summed E-state index contributed by atoms with van der Waals surface area (Å²) < 4.78 is 62.6. The standard InChI is InChI=1S/C57H68FN11O9S/c1-35(2)41-7-5-6-8-42(41)47-34-66(33-37-13-18-60-55-50(37)59-19-24-77-55)22-23-68(47)39-28-57(29-39)16-20-67(21-17-57)38-9-10-43(48(25-38)78-49-27-44-45(58)32-63-51(44)64-54(49)76-4)53(70)65-79(74,75)40-26-46(69(72)73)52(62-31-40)61-30-36-11-14-56(3,71)15-12-36/h5-10,13,18,25-27,31-32,35-36,39,47,59,71H,11-12,14-17,19-24,28-30,33-34H2,1-4H3,(H,61,62)(H,63,64)(H,65,70)/t36?,47-,56?/m0/s1. The fourth-order valence-corrected chi connectivity index (χ4v) is 13.4. The van der Waals surface area contributed by atoms with Crippen LogP contribution in [0, 0.1) is 27.3 Å². The van der Waals surface area contributed by atoms with Gasteiger partial charge in [-0.1, -0.05) is 38.1 Å². The lowest BCUT2D eigenvalue weighted by atomic mass is 9.59. The van der Waals surface area contributed by atoms with Crippen molar-refractivity contribution in [2.45, 2.75) is 107 Å². The number of halogens is 1. The minimum atomic E-state index is -4.75. The van der Waals surface area contributed by atoms with Crippen LogP contribution >= 0.6 is 0 Å². The first-order chi connectivity index (χ1) is 37.9. The summed E-state index contributed by atoms with van der Waals surface area (Å²) in [7, 11) is -3.38. The van der Waals surface area contributed by atoms with E-state index in [1.165, 1.54) is 35.9 Å². The molecule has 4 aromatic heterocycles. The van der Waals surface area contributed by atoms with Crippen LogP contribution in [0.1, 0.15) is 111 Å². The number of aliphatic hydroxyl groups is 1. The van der Waals surface area contributed by atoms with Crippen molar-refractivity contribution in [2.75, 3.05) is 75.1 Å². The molecule has 7 heterocycles. The Morgan fingerprint density at radius 1 is 1.03 bits per heavy atom. The zero-order chi connectivity index (χ0) is 55.2. The largest absolute Gasteiger partial charge is 0.478 e. The number of sulfonamides is 1. The lowest BCUT2D eigenvalue weighted by molar-refractivity contribution is -0.384. The Balaban J connectivity index is 0.803. The second kappa shape index (κ2) is 21.8. The van der Waals surface area contributed by atoms with Crippen molar-refractivity contribution >= 4 is 49.8 Å². The number of carbonyl (C=O) groups excluding carboxylic acids is 1. The van der Waals surface area contributed by atoms with Gasteiger partial charge in [-0.05, 0) is 110 Å². The number of carbonyl (C=O) groups is 1. The Morgan fingerprint density at radius 2 is 1.81 bits per heavy atom. The van der Waals surface area contributed by atoms with Gasteiger partial charge < -0.3 is 39.8 Å². The molecule has 1 spiro atoms. The first-order valence-electron chi connectivity index (χ1n) is 27.3. The van der Waals surface area contributed by atoms with Crippen molar-refractivity contribution in [3.05, 3.63) is 117 Å². The van der Waals surface area contributed by atoms with Crippen LogP contribution < -0.4 is 34.5 Å². The van der Waals surface area contributed by atoms with Gasteiger partial charge in [-0.25, -0.2) is 27.5 Å². The van der Waals surface area contributed by atoms with E-state index in [2.05, 4.69) is 94.2 Å². The van der Waals surface area contributed by atoms with Gasteiger partial charge in [-0.3, -0.25) is 24.7 Å². The van der Waals surface area contributed by atoms with E-state index >= 15 is 0 Å². The molecule has 20 nitrogen and oxygen atoms in total. The van der Waals surface area contributed by atoms with Crippen LogP contribution in [-0.2, 0) is 16.6 Å². The summed E-state index contributed by atoms with van der Waals surface area (Å²) in [5, 5.41) is 29.2. The molecular weight excluding hydrogens is 1030 g/mol. The van der Waals surface area contributed by atoms with Gasteiger partial charge in [0.2, 0.25) is 11.7 Å². The van der Waals surface area contributed by atoms with Gasteiger partial charge >= 0.3 is 5.69 Å². The third-order valence-electron chi connectivity index (χ3n) is 17.0. The van der Waals surface area contributed by atoms with E-state index in [9.17, 15) is 32.8 Å². The van der Waals surface area contributed by atoms with Gasteiger partial charge in [0.05, 0.1) is 34.8 Å². The number of piperazine rings is 1. The summed E-state index contributed by atoms with van der Waals surface area (Å²) in [4.78, 5) is 48.4. The number of fused-ring (bicyclic) bond motifs is 2. The number of ether oxygens (including phenoxy) is 3. The quantitative estimate of drug-likeness (QED) is 0.0449. The number of benzene rings is 2. The molecule has 0 radical (unpaired) electrons. The zero-order valence-electron chi connectivity index (χ0n) is 45.0. The van der Waals surface area contributed by atoms with E-state index in [0.717, 1.165) is 101 Å². The summed E-state index contributed by atoms with van der Waals surface area (Å²) in [5.41, 5.74) is 4.51. The first kappa shape index (κ1) is 53.8. The van der Waals surface area contributed by atoms with Crippen LogP contribution in [0.25, 0.3) is 11.0 Å². The second-order valence-electron chi connectivity index (χ2n) is 22.6. The highest BCUT2D eigenvalue weighted by Crippen LogP contribution is 2.54. The van der Waals surface area contributed by atoms with Crippen molar-refractivity contribution < 1.29 is 41.8 Å². The highest BCUT2D eigenvalue weighted by molar-refractivity contribution is 7.90. The third kappa shape index (κ3) is 11.2. The molecular formula is C57H68FN11O9S. The maximum Gasteiger partial charge on any atom is 0.312 e. The zero-order valence-corrected chi connectivity index (χ0v) is 45.8. The number of hydrogen-bond donors (Lipinski definition) is 5. The first-order valence-corrected chi connectivity index (χ1v) is 28.8. The van der Waals surface area contributed by atoms with Crippen LogP contribution in [0.4, 0.5) is 27.3 Å². The molecule has 2 saturated heterocycles. The third-order valence-corrected chi connectivity index (χ3v) is 18.3. The predicted octanol–water partition coefficient (Wildman–Crippen LogP) is 8.91. The van der Waals surface area contributed by atoms with Crippen LogP contribution in [0.5, 0.6) is 23.3 Å². The van der Waals surface area contributed by atoms with Crippen molar-refractivity contribution in [2.24, 2.45) is 11.3 Å². The maximum atomic E-state index is 14.9. The molecule has 1 amide bonds. The average molecular weight is 1100 g/mol. The topological polar surface area (TPSA) is 243 Å². The lowest BCUT2D eigenvalue weighted by Crippen LogP contribution is -2.60. The van der Waals surface area contributed by atoms with E-state index in [0.29, 0.717) is 56.7 Å². The SMILES string of the molecule is COc1nc2[nH]cc(F)c2cc1Oc1cc(N2CCC3(CC2)CC(N2CCN(Cc4ccnc5c4NCCO5)C[C@H]2c2ccccc2C(C)C)C3)ccc1C(=O)NS(=O)(=O)c1cnc(NCC2CCC(C)(O)CC2)c([N+](=O)[O-])c1. The second-order valence-corrected chi connectivity index (χ2v) is 24.3. The molecule has 1 atom stereocenters. The summed E-state index contributed by atoms with van der Waals surface area (Å²) in [6.07, 6.45) is 10.6. The monoisotopic (exact) mass is 1100 g/mol. The number of aromatic amines is 1. The van der Waals surface area contributed by atoms with E-state index in [1.54, 1.807) is 19.1 Å². The van der Waals surface area contributed by atoms with E-state index < -0.39 is 42.9 Å². The summed E-state index contributed by atoms with van der Waals surface area (Å²) in [6, 6.07) is 18.8. The van der Waals surface area contributed by atoms with Gasteiger partial charge in [0.25, 0.3) is 21.8 Å². The molecule has 418 valence electrons. The number of nitro groups is 1. The molecule has 0 bridgehead atoms. The van der Waals surface area contributed by atoms with Crippen LogP contribution in [-0.4, -0.2) is 125 Å². The smallest absolute Gasteiger partial charge is 0.312 e. The molecule has 11 rings (SSSR count). The molecule has 5 aliphatic rings. The number of nitrogens with zero attached hydrogens (tertiary/aromatic N) is 7. The van der Waals surface area contributed by atoms with Crippen molar-refractivity contribution in [1.82, 2.24) is 34.5 Å². The molecule has 22 heteroatoms. The molecule has 0 unspecified atom stereocenters. The van der Waals surface area contributed by atoms with Crippen LogP contribution in [0.2, 0.25) is 0 Å². The minimum Gasteiger partial charge on any atom is -0.478 e. The van der Waals surface area contributed by atoms with Gasteiger partial charge in [0, 0.05) is 101 Å². The number of anilines is 3. The van der Waals surface area contributed by atoms with Crippen molar-refractivity contribution in [3.8, 4) is 23.3 Å². The molecule has 2 aliphatic carbocycles. The highest BCUT2D eigenvalue weighted by atomic mass is 32.2. The Morgan fingerprint density at radius 3 is 2.57 bits per heavy atom. The Kier molecular flexibility index (Phi) is 14.9. The molecule has 6 aromatic rings. The molecule has 2 aromatic carbocycles. The average Bonchev–Trinajstić information content (AvgIpc) is 3.93. The van der Waals surface area contributed by atoms with Gasteiger partial charge in [0.1, 0.15) is 34.4 Å². The molecule has 5 N–H and O–H groups in total. The Hall–Kier alpha value is -7.14. The number of amides is 1. The minimum absolute atomic E-state index is 0.0170. The van der Waals surface area contributed by atoms with Crippen LogP contribution in [0.15, 0.2) is 84.1 Å². The number of aromatic nitrogens is 4. The highest BCUT2D eigenvalue weighted by Gasteiger charge is 2.50. The summed E-state index contributed by atoms with van der Waals surface area (Å²) >= 11 is 0. The molecule has 4 fully saturated rings. The number of H-pyrrole nitrogens is 1. The summed E-state index contributed by atoms with van der Waals surface area (Å²) in [5.74, 6) is -0.723. The van der Waals surface area contributed by atoms with E-state index in [-0.39, 0.29) is 57.2 Å². The number of rotatable bonds is 16. The van der Waals surface area contributed by atoms with Gasteiger partial charge in [0.15, 0.2) is 5.75 Å². The Labute approximate surface area is 458 Å². The van der Waals surface area contributed by atoms with Gasteiger partial charge in [-0.15, -0.1) is 0 Å². The van der Waals surface area contributed by atoms with E-state index in [1.807, 2.05) is 6.20 Å². The van der Waals surface area contributed by atoms with Gasteiger partial charge in [-0.2, -0.15) is 4.98 Å². The molecule has 3 aliphatic heterocycles. The number of hydrogen-bond acceptors (Lipinski definition) is 17. The number of pyridine rings is 3. The summed E-state index contributed by atoms with van der Waals surface area (Å²) in [6.45, 7) is 13.0. The number of methoxy groups -OCH3 is 1. The van der Waals surface area contributed by atoms with Crippen molar-refractivity contribution in [1.29, 1.82) is 0 Å². The molecule has 2 saturated carbocycles. The fraction of sp³-hybridized carbons (Fsp3) is 0.474. The normalized spacial score (nSPS) is 21.7. The number of nitrogens with one attached hydrogen (secondary N) is 4.